The lowest BCUT2D eigenvalue weighted by Gasteiger charge is -2.32. The van der Waals surface area contributed by atoms with Gasteiger partial charge >= 0.3 is 6.09 Å². The molecule has 1 aromatic rings. The maximum Gasteiger partial charge on any atom is 0.415 e. The average Bonchev–Trinajstić information content (AvgIpc) is 2.45. The molecule has 1 aromatic heterocycles. The van der Waals surface area contributed by atoms with Gasteiger partial charge in [-0.3, -0.25) is 9.88 Å². The van der Waals surface area contributed by atoms with Crippen LogP contribution in [0.1, 0.15) is 39.8 Å². The van der Waals surface area contributed by atoms with Crippen LogP contribution in [0.4, 0.5) is 10.5 Å². The summed E-state index contributed by atoms with van der Waals surface area (Å²) in [5.41, 5.74) is 6.45. The Morgan fingerprint density at radius 3 is 2.50 bits per heavy atom. The van der Waals surface area contributed by atoms with Gasteiger partial charge in [0.25, 0.3) is 0 Å². The Morgan fingerprint density at radius 1 is 1.41 bits per heavy atom. The zero-order valence-electron chi connectivity index (χ0n) is 14.1. The minimum absolute atomic E-state index is 0.120. The highest BCUT2D eigenvalue weighted by molar-refractivity contribution is 5.88. The number of methoxy groups -OCH3 is 1. The quantitative estimate of drug-likeness (QED) is 0.874. The predicted molar refractivity (Wildman–Crippen MR) is 86.8 cm³/mol. The van der Waals surface area contributed by atoms with E-state index in [-0.39, 0.29) is 6.04 Å². The summed E-state index contributed by atoms with van der Waals surface area (Å²) >= 11 is 0. The van der Waals surface area contributed by atoms with Crippen molar-refractivity contribution < 1.29 is 14.3 Å². The average molecular weight is 309 g/mol. The molecule has 2 N–H and O–H groups in total. The molecule has 0 aliphatic carbocycles. The molecule has 124 valence electrons. The highest BCUT2D eigenvalue weighted by Gasteiger charge is 2.29. The lowest BCUT2D eigenvalue weighted by Crippen LogP contribution is -2.45. The fourth-order valence-corrected chi connectivity index (χ4v) is 2.02. The van der Waals surface area contributed by atoms with Gasteiger partial charge in [-0.15, -0.1) is 0 Å². The van der Waals surface area contributed by atoms with Crippen molar-refractivity contribution in [3.8, 4) is 0 Å². The van der Waals surface area contributed by atoms with E-state index in [2.05, 4.69) is 4.98 Å². The molecule has 0 bridgehead atoms. The van der Waals surface area contributed by atoms with Crippen LogP contribution < -0.4 is 10.6 Å². The Bertz CT molecular complexity index is 469. The van der Waals surface area contributed by atoms with E-state index in [1.165, 1.54) is 0 Å². The summed E-state index contributed by atoms with van der Waals surface area (Å²) in [4.78, 5) is 18.4. The molecular formula is C16H27N3O3. The monoisotopic (exact) mass is 309 g/mol. The molecular weight excluding hydrogens is 282 g/mol. The van der Waals surface area contributed by atoms with Crippen LogP contribution in [0.2, 0.25) is 0 Å². The maximum absolute atomic E-state index is 12.6. The van der Waals surface area contributed by atoms with Gasteiger partial charge in [-0.25, -0.2) is 4.79 Å². The second-order valence-electron chi connectivity index (χ2n) is 6.08. The first-order valence-electron chi connectivity index (χ1n) is 7.48. The van der Waals surface area contributed by atoms with Gasteiger partial charge in [-0.2, -0.15) is 0 Å². The number of pyridine rings is 1. The van der Waals surface area contributed by atoms with Crippen LogP contribution in [0.15, 0.2) is 18.3 Å². The first-order valence-corrected chi connectivity index (χ1v) is 7.48. The van der Waals surface area contributed by atoms with Crippen LogP contribution in [0.3, 0.4) is 0 Å². The van der Waals surface area contributed by atoms with E-state index in [1.807, 2.05) is 39.8 Å². The number of carbonyl (C=O) groups is 1. The molecule has 0 spiro atoms. The van der Waals surface area contributed by atoms with Gasteiger partial charge in [-0.05, 0) is 39.3 Å². The molecule has 6 heteroatoms. The first kappa shape index (κ1) is 18.4. The molecule has 0 aliphatic rings. The van der Waals surface area contributed by atoms with E-state index in [0.29, 0.717) is 18.8 Å². The summed E-state index contributed by atoms with van der Waals surface area (Å²) in [5, 5.41) is 0. The van der Waals surface area contributed by atoms with E-state index >= 15 is 0 Å². The summed E-state index contributed by atoms with van der Waals surface area (Å²) in [6, 6.07) is 3.52. The Balaban J connectivity index is 3.10. The largest absolute Gasteiger partial charge is 0.443 e. The van der Waals surface area contributed by atoms with Crippen molar-refractivity contribution in [2.75, 3.05) is 18.6 Å². The minimum atomic E-state index is -0.564. The molecule has 1 atom stereocenters. The molecule has 0 fully saturated rings. The molecule has 1 amide bonds. The lowest BCUT2D eigenvalue weighted by molar-refractivity contribution is 0.0540. The fraction of sp³-hybridized carbons (Fsp3) is 0.625. The summed E-state index contributed by atoms with van der Waals surface area (Å²) in [7, 11) is 1.62. The lowest BCUT2D eigenvalue weighted by atomic mass is 10.1. The van der Waals surface area contributed by atoms with Gasteiger partial charge in [0.05, 0.1) is 30.2 Å². The number of hydrogen-bond donors (Lipinski definition) is 1. The van der Waals surface area contributed by atoms with E-state index in [1.54, 1.807) is 18.2 Å². The Labute approximate surface area is 132 Å². The topological polar surface area (TPSA) is 77.7 Å². The molecule has 1 rings (SSSR count). The molecule has 6 nitrogen and oxygen atoms in total. The SMILES string of the molecule is CCC(COC)N(C(=O)OC(C)(C)C)c1ccc(CN)nc1. The highest BCUT2D eigenvalue weighted by atomic mass is 16.6. The Kier molecular flexibility index (Phi) is 6.77. The van der Waals surface area contributed by atoms with E-state index in [0.717, 1.165) is 12.1 Å². The Morgan fingerprint density at radius 2 is 2.09 bits per heavy atom. The summed E-state index contributed by atoms with van der Waals surface area (Å²) in [6.07, 6.45) is 1.98. The fourth-order valence-electron chi connectivity index (χ4n) is 2.02. The van der Waals surface area contributed by atoms with E-state index in [4.69, 9.17) is 15.2 Å². The van der Waals surface area contributed by atoms with Crippen LogP contribution in [0.25, 0.3) is 0 Å². The first-order chi connectivity index (χ1) is 10.3. The number of nitrogens with two attached hydrogens (primary N) is 1. The number of amides is 1. The van der Waals surface area contributed by atoms with Crippen molar-refractivity contribution in [1.29, 1.82) is 0 Å². The smallest absolute Gasteiger partial charge is 0.415 e. The third kappa shape index (κ3) is 5.27. The van der Waals surface area contributed by atoms with Crippen molar-refractivity contribution in [3.05, 3.63) is 24.0 Å². The molecule has 0 radical (unpaired) electrons. The van der Waals surface area contributed by atoms with Gasteiger partial charge in [-0.1, -0.05) is 6.92 Å². The van der Waals surface area contributed by atoms with Gasteiger partial charge in [0.2, 0.25) is 0 Å². The highest BCUT2D eigenvalue weighted by Crippen LogP contribution is 2.22. The van der Waals surface area contributed by atoms with Crippen LogP contribution in [0, 0.1) is 0 Å². The van der Waals surface area contributed by atoms with Crippen LogP contribution in [-0.4, -0.2) is 36.4 Å². The number of carbonyl (C=O) groups excluding carboxylic acids is 1. The molecule has 0 aromatic carbocycles. The van der Waals surface area contributed by atoms with Crippen molar-refractivity contribution >= 4 is 11.8 Å². The molecule has 0 aliphatic heterocycles. The van der Waals surface area contributed by atoms with Gasteiger partial charge in [0.1, 0.15) is 5.60 Å². The maximum atomic E-state index is 12.6. The predicted octanol–water partition coefficient (Wildman–Crippen LogP) is 2.71. The molecule has 22 heavy (non-hydrogen) atoms. The van der Waals surface area contributed by atoms with Gasteiger partial charge in [0.15, 0.2) is 0 Å². The summed E-state index contributed by atoms with van der Waals surface area (Å²) in [5.74, 6) is 0. The number of rotatable bonds is 6. The van der Waals surface area contributed by atoms with E-state index < -0.39 is 11.7 Å². The standard InChI is InChI=1S/C16H27N3O3/c1-6-13(11-21-5)19(15(20)22-16(2,3)4)14-8-7-12(9-17)18-10-14/h7-8,10,13H,6,9,11,17H2,1-5H3. The van der Waals surface area contributed by atoms with E-state index in [9.17, 15) is 4.79 Å². The summed E-state index contributed by atoms with van der Waals surface area (Å²) < 4.78 is 10.8. The van der Waals surface area contributed by atoms with Crippen LogP contribution in [0.5, 0.6) is 0 Å². The molecule has 1 heterocycles. The van der Waals surface area contributed by atoms with Gasteiger partial charge in [0, 0.05) is 13.7 Å². The van der Waals surface area contributed by atoms with Crippen molar-refractivity contribution in [2.45, 2.75) is 52.3 Å². The number of hydrogen-bond acceptors (Lipinski definition) is 5. The third-order valence-corrected chi connectivity index (χ3v) is 3.08. The number of anilines is 1. The summed E-state index contributed by atoms with van der Waals surface area (Å²) in [6.45, 7) is 8.32. The van der Waals surface area contributed by atoms with Crippen LogP contribution >= 0.6 is 0 Å². The van der Waals surface area contributed by atoms with Crippen molar-refractivity contribution in [3.63, 3.8) is 0 Å². The zero-order chi connectivity index (χ0) is 16.8. The second-order valence-corrected chi connectivity index (χ2v) is 6.08. The zero-order valence-corrected chi connectivity index (χ0v) is 14.1. The molecule has 0 saturated heterocycles. The number of aromatic nitrogens is 1. The normalized spacial score (nSPS) is 12.8. The Hall–Kier alpha value is -1.66. The second kappa shape index (κ2) is 8.10. The third-order valence-electron chi connectivity index (χ3n) is 3.08. The van der Waals surface area contributed by atoms with Crippen LogP contribution in [-0.2, 0) is 16.0 Å². The molecule has 0 saturated carbocycles. The number of nitrogens with zero attached hydrogens (tertiary/aromatic N) is 2. The van der Waals surface area contributed by atoms with Crippen molar-refractivity contribution in [1.82, 2.24) is 4.98 Å². The van der Waals surface area contributed by atoms with Gasteiger partial charge < -0.3 is 15.2 Å². The number of ether oxygens (including phenoxy) is 2. The minimum Gasteiger partial charge on any atom is -0.443 e. The van der Waals surface area contributed by atoms with Crippen molar-refractivity contribution in [2.24, 2.45) is 5.73 Å². The molecule has 1 unspecified atom stereocenters.